The van der Waals surface area contributed by atoms with Crippen molar-refractivity contribution in [2.75, 3.05) is 33.4 Å². The summed E-state index contributed by atoms with van der Waals surface area (Å²) in [6.07, 6.45) is 2.84. The molecule has 7 nitrogen and oxygen atoms in total. The van der Waals surface area contributed by atoms with E-state index in [2.05, 4.69) is 10.4 Å². The summed E-state index contributed by atoms with van der Waals surface area (Å²) in [5.74, 6) is -0.382. The van der Waals surface area contributed by atoms with Gasteiger partial charge in [0.15, 0.2) is 0 Å². The maximum absolute atomic E-state index is 13.6. The van der Waals surface area contributed by atoms with Gasteiger partial charge in [-0.25, -0.2) is 12.8 Å². The lowest BCUT2D eigenvalue weighted by molar-refractivity contribution is 0.183. The average molecular weight is 368 g/mol. The Hall–Kier alpha value is -1.81. The molecule has 1 unspecified atom stereocenters. The molecular formula is C16H21FN4O3S. The largest absolute Gasteiger partial charge is 0.383 e. The zero-order valence-electron chi connectivity index (χ0n) is 13.9. The standard InChI is InChI=1S/C16H21FN4O3S/c1-24-8-7-20-12-15(10-19-20)25(22,23)21-6-5-18-11-16(21)13-3-2-4-14(17)9-13/h2-4,9-10,12,16,18H,5-8,11H2,1H3. The van der Waals surface area contributed by atoms with Crippen LogP contribution in [-0.2, 0) is 21.3 Å². The van der Waals surface area contributed by atoms with E-state index in [-0.39, 0.29) is 10.7 Å². The van der Waals surface area contributed by atoms with Gasteiger partial charge in [-0.15, -0.1) is 0 Å². The summed E-state index contributed by atoms with van der Waals surface area (Å²) in [6, 6.07) is 5.59. The average Bonchev–Trinajstić information content (AvgIpc) is 3.10. The third-order valence-corrected chi connectivity index (χ3v) is 6.03. The Morgan fingerprint density at radius 1 is 1.44 bits per heavy atom. The summed E-state index contributed by atoms with van der Waals surface area (Å²) < 4.78 is 47.6. The summed E-state index contributed by atoms with van der Waals surface area (Å²) in [7, 11) is -2.15. The molecule has 1 N–H and O–H groups in total. The molecular weight excluding hydrogens is 347 g/mol. The van der Waals surface area contributed by atoms with Crippen LogP contribution in [0.3, 0.4) is 0 Å². The highest BCUT2D eigenvalue weighted by molar-refractivity contribution is 7.89. The Kier molecular flexibility index (Phi) is 5.48. The molecule has 9 heteroatoms. The number of ether oxygens (including phenoxy) is 1. The van der Waals surface area contributed by atoms with Crippen LogP contribution in [0.4, 0.5) is 4.39 Å². The number of methoxy groups -OCH3 is 1. The minimum atomic E-state index is -3.73. The fourth-order valence-corrected chi connectivity index (χ4v) is 4.46. The summed E-state index contributed by atoms with van der Waals surface area (Å²) in [6.45, 7) is 2.21. The number of nitrogens with one attached hydrogen (secondary N) is 1. The molecule has 1 fully saturated rings. The van der Waals surface area contributed by atoms with E-state index in [1.807, 2.05) is 0 Å². The number of hydrogen-bond acceptors (Lipinski definition) is 5. The summed E-state index contributed by atoms with van der Waals surface area (Å²) in [5.41, 5.74) is 0.627. The minimum absolute atomic E-state index is 0.131. The first-order chi connectivity index (χ1) is 12.0. The number of sulfonamides is 1. The monoisotopic (exact) mass is 368 g/mol. The second kappa shape index (κ2) is 7.61. The number of rotatable bonds is 6. The second-order valence-corrected chi connectivity index (χ2v) is 7.71. The van der Waals surface area contributed by atoms with Gasteiger partial charge in [-0.2, -0.15) is 9.40 Å². The van der Waals surface area contributed by atoms with Gasteiger partial charge in [0, 0.05) is 32.9 Å². The van der Waals surface area contributed by atoms with Gasteiger partial charge in [0.2, 0.25) is 10.0 Å². The van der Waals surface area contributed by atoms with Crippen molar-refractivity contribution in [2.24, 2.45) is 0 Å². The molecule has 0 radical (unpaired) electrons. The number of piperazine rings is 1. The van der Waals surface area contributed by atoms with E-state index in [1.165, 1.54) is 33.5 Å². The van der Waals surface area contributed by atoms with Gasteiger partial charge >= 0.3 is 0 Å². The fraction of sp³-hybridized carbons (Fsp3) is 0.438. The van der Waals surface area contributed by atoms with Gasteiger partial charge < -0.3 is 10.1 Å². The van der Waals surface area contributed by atoms with Crippen LogP contribution in [0.25, 0.3) is 0 Å². The van der Waals surface area contributed by atoms with Crippen molar-refractivity contribution in [1.29, 1.82) is 0 Å². The molecule has 25 heavy (non-hydrogen) atoms. The predicted molar refractivity (Wildman–Crippen MR) is 90.0 cm³/mol. The number of aromatic nitrogens is 2. The second-order valence-electron chi connectivity index (χ2n) is 5.82. The molecule has 0 bridgehead atoms. The molecule has 1 aromatic carbocycles. The quantitative estimate of drug-likeness (QED) is 0.823. The highest BCUT2D eigenvalue weighted by Crippen LogP contribution is 2.29. The van der Waals surface area contributed by atoms with Crippen LogP contribution in [0, 0.1) is 5.82 Å². The molecule has 1 aliphatic rings. The van der Waals surface area contributed by atoms with Crippen LogP contribution in [0.1, 0.15) is 11.6 Å². The molecule has 136 valence electrons. The first-order valence-corrected chi connectivity index (χ1v) is 9.46. The van der Waals surface area contributed by atoms with Gasteiger partial charge in [0.05, 0.1) is 25.4 Å². The van der Waals surface area contributed by atoms with Gasteiger partial charge in [-0.1, -0.05) is 12.1 Å². The van der Waals surface area contributed by atoms with Crippen LogP contribution in [-0.4, -0.2) is 55.9 Å². The fourth-order valence-electron chi connectivity index (χ4n) is 2.89. The molecule has 0 aliphatic carbocycles. The van der Waals surface area contributed by atoms with Crippen molar-refractivity contribution in [3.8, 4) is 0 Å². The highest BCUT2D eigenvalue weighted by Gasteiger charge is 2.35. The third-order valence-electron chi connectivity index (χ3n) is 4.17. The van der Waals surface area contributed by atoms with Crippen molar-refractivity contribution >= 4 is 10.0 Å². The van der Waals surface area contributed by atoms with E-state index in [1.54, 1.807) is 19.2 Å². The van der Waals surface area contributed by atoms with Crippen LogP contribution in [0.5, 0.6) is 0 Å². The highest BCUT2D eigenvalue weighted by atomic mass is 32.2. The van der Waals surface area contributed by atoms with Crippen LogP contribution < -0.4 is 5.32 Å². The maximum Gasteiger partial charge on any atom is 0.246 e. The molecule has 1 aromatic heterocycles. The first kappa shape index (κ1) is 18.0. The van der Waals surface area contributed by atoms with Gasteiger partial charge in [0.25, 0.3) is 0 Å². The summed E-state index contributed by atoms with van der Waals surface area (Å²) in [4.78, 5) is 0.131. The van der Waals surface area contributed by atoms with Crippen molar-refractivity contribution in [2.45, 2.75) is 17.5 Å². The molecule has 1 saturated heterocycles. The van der Waals surface area contributed by atoms with E-state index < -0.39 is 16.1 Å². The smallest absolute Gasteiger partial charge is 0.246 e. The van der Waals surface area contributed by atoms with E-state index in [0.717, 1.165) is 0 Å². The van der Waals surface area contributed by atoms with E-state index >= 15 is 0 Å². The molecule has 2 heterocycles. The third kappa shape index (κ3) is 3.90. The maximum atomic E-state index is 13.6. The Labute approximate surface area is 146 Å². The van der Waals surface area contributed by atoms with E-state index in [9.17, 15) is 12.8 Å². The Balaban J connectivity index is 1.89. The van der Waals surface area contributed by atoms with Crippen LogP contribution in [0.2, 0.25) is 0 Å². The topological polar surface area (TPSA) is 76.5 Å². The molecule has 2 aromatic rings. The predicted octanol–water partition coefficient (Wildman–Crippen LogP) is 1.00. The number of hydrogen-bond donors (Lipinski definition) is 1. The zero-order valence-corrected chi connectivity index (χ0v) is 14.7. The molecule has 0 saturated carbocycles. The molecule has 0 amide bonds. The normalized spacial score (nSPS) is 19.2. The lowest BCUT2D eigenvalue weighted by Crippen LogP contribution is -2.48. The van der Waals surface area contributed by atoms with Crippen LogP contribution in [0.15, 0.2) is 41.6 Å². The van der Waals surface area contributed by atoms with Gasteiger partial charge in [-0.05, 0) is 17.7 Å². The Morgan fingerprint density at radius 3 is 3.04 bits per heavy atom. The van der Waals surface area contributed by atoms with Crippen molar-refractivity contribution in [3.05, 3.63) is 48.0 Å². The number of benzene rings is 1. The Morgan fingerprint density at radius 2 is 2.28 bits per heavy atom. The number of halogens is 1. The SMILES string of the molecule is COCCn1cc(S(=O)(=O)N2CCNCC2c2cccc(F)c2)cn1. The van der Waals surface area contributed by atoms with Crippen molar-refractivity contribution < 1.29 is 17.5 Å². The first-order valence-electron chi connectivity index (χ1n) is 8.02. The van der Waals surface area contributed by atoms with Gasteiger partial charge in [0.1, 0.15) is 10.7 Å². The molecule has 0 spiro atoms. The molecule has 3 rings (SSSR count). The number of nitrogens with zero attached hydrogens (tertiary/aromatic N) is 3. The van der Waals surface area contributed by atoms with Crippen molar-refractivity contribution in [1.82, 2.24) is 19.4 Å². The van der Waals surface area contributed by atoms with E-state index in [4.69, 9.17) is 4.74 Å². The summed E-state index contributed by atoms with van der Waals surface area (Å²) in [5, 5.41) is 7.26. The van der Waals surface area contributed by atoms with Crippen LogP contribution >= 0.6 is 0 Å². The summed E-state index contributed by atoms with van der Waals surface area (Å²) >= 11 is 0. The van der Waals surface area contributed by atoms with Gasteiger partial charge in [-0.3, -0.25) is 4.68 Å². The lowest BCUT2D eigenvalue weighted by Gasteiger charge is -2.35. The Bertz CT molecular complexity index is 824. The molecule has 1 aliphatic heterocycles. The van der Waals surface area contributed by atoms with E-state index in [0.29, 0.717) is 38.3 Å². The molecule has 1 atom stereocenters. The minimum Gasteiger partial charge on any atom is -0.383 e. The lowest BCUT2D eigenvalue weighted by atomic mass is 10.1. The zero-order chi connectivity index (χ0) is 17.9. The van der Waals surface area contributed by atoms with Crippen molar-refractivity contribution in [3.63, 3.8) is 0 Å².